The number of aliphatic imine (C=N–C) groups is 2. The van der Waals surface area contributed by atoms with Crippen LogP contribution >= 0.6 is 0 Å². The summed E-state index contributed by atoms with van der Waals surface area (Å²) < 4.78 is 1.16. The average Bonchev–Trinajstić information content (AvgIpc) is 2.28. The molecule has 4 heteroatoms. The van der Waals surface area contributed by atoms with E-state index in [1.54, 1.807) is 0 Å². The summed E-state index contributed by atoms with van der Waals surface area (Å²) in [5.41, 5.74) is 0. The molecule has 0 aromatic heterocycles. The molecule has 0 amide bonds. The smallest absolute Gasteiger partial charge is 0.0898 e. The van der Waals surface area contributed by atoms with E-state index in [0.29, 0.717) is 12.1 Å². The van der Waals surface area contributed by atoms with Crippen molar-refractivity contribution in [2.24, 2.45) is 9.98 Å². The van der Waals surface area contributed by atoms with Crippen LogP contribution < -0.4 is 24.0 Å². The fourth-order valence-electron chi connectivity index (χ4n) is 1.62. The van der Waals surface area contributed by atoms with Gasteiger partial charge in [0, 0.05) is 0 Å². The number of nitrogens with zero attached hydrogens (tertiary/aromatic N) is 3. The second-order valence-corrected chi connectivity index (χ2v) is 5.42. The Morgan fingerprint density at radius 3 is 2.06 bits per heavy atom. The molecule has 0 fully saturated rings. The van der Waals surface area contributed by atoms with Crippen LogP contribution in [0.5, 0.6) is 0 Å². The third-order valence-corrected chi connectivity index (χ3v) is 3.44. The average molecular weight is 367 g/mol. The summed E-state index contributed by atoms with van der Waals surface area (Å²) in [6.45, 7) is 14.4. The van der Waals surface area contributed by atoms with E-state index in [2.05, 4.69) is 43.8 Å². The molecule has 0 aromatic carbocycles. The monoisotopic (exact) mass is 367 g/mol. The zero-order valence-corrected chi connectivity index (χ0v) is 15.1. The Labute approximate surface area is 130 Å². The third-order valence-electron chi connectivity index (χ3n) is 3.44. The lowest BCUT2D eigenvalue weighted by molar-refractivity contribution is -0.906. The Balaban J connectivity index is 0. The summed E-state index contributed by atoms with van der Waals surface area (Å²) in [6, 6.07) is 3.45. The van der Waals surface area contributed by atoms with Crippen molar-refractivity contribution in [2.75, 3.05) is 26.7 Å². The quantitative estimate of drug-likeness (QED) is 0.333. The van der Waals surface area contributed by atoms with Gasteiger partial charge in [0.25, 0.3) is 0 Å². The zero-order chi connectivity index (χ0) is 13.3. The number of halogens is 1. The standard InChI is InChI=1S/C14H30N3.HI/c1-7-17(6,8-2)11-9-10-14(5)16-12-15-13(3)4;/h13-14H,7-11H2,1-6H3;1H/q+1;/p-1. The van der Waals surface area contributed by atoms with Crippen LogP contribution in [0, 0.1) is 0 Å². The first kappa shape index (κ1) is 20.4. The van der Waals surface area contributed by atoms with E-state index in [9.17, 15) is 0 Å². The third kappa shape index (κ3) is 10.0. The minimum Gasteiger partial charge on any atom is -1.00 e. The van der Waals surface area contributed by atoms with E-state index in [-0.39, 0.29) is 24.0 Å². The zero-order valence-electron chi connectivity index (χ0n) is 12.9. The summed E-state index contributed by atoms with van der Waals surface area (Å²) in [5.74, 6) is 0. The highest BCUT2D eigenvalue weighted by Gasteiger charge is 2.15. The van der Waals surface area contributed by atoms with Gasteiger partial charge >= 0.3 is 0 Å². The molecular weight excluding hydrogens is 337 g/mol. The molecule has 1 atom stereocenters. The van der Waals surface area contributed by atoms with Gasteiger partial charge in [-0.1, -0.05) is 0 Å². The van der Waals surface area contributed by atoms with Gasteiger partial charge in [0.1, 0.15) is 0 Å². The summed E-state index contributed by atoms with van der Waals surface area (Å²) in [6.07, 6.45) is 2.36. The molecule has 1 unspecified atom stereocenters. The van der Waals surface area contributed by atoms with Gasteiger partial charge in [-0.2, -0.15) is 0 Å². The van der Waals surface area contributed by atoms with E-state index in [1.807, 2.05) is 13.8 Å². The second-order valence-electron chi connectivity index (χ2n) is 5.42. The highest BCUT2D eigenvalue weighted by atomic mass is 127. The Bertz CT molecular complexity index is 254. The Kier molecular flexibility index (Phi) is 12.4. The minimum absolute atomic E-state index is 0. The highest BCUT2D eigenvalue weighted by molar-refractivity contribution is 5.41. The van der Waals surface area contributed by atoms with Crippen LogP contribution in [0.2, 0.25) is 0 Å². The SMILES string of the molecule is CC[N+](C)(CC)CCCC(C)N=C=NC(C)C.[I-]. The Morgan fingerprint density at radius 2 is 1.61 bits per heavy atom. The maximum atomic E-state index is 4.31. The maximum Gasteiger partial charge on any atom is 0.0898 e. The molecule has 3 nitrogen and oxygen atoms in total. The van der Waals surface area contributed by atoms with Crippen molar-refractivity contribution >= 4 is 6.01 Å². The topological polar surface area (TPSA) is 24.7 Å². The molecule has 0 bridgehead atoms. The predicted molar refractivity (Wildman–Crippen MR) is 75.8 cm³/mol. The number of hydrogen-bond donors (Lipinski definition) is 0. The van der Waals surface area contributed by atoms with Crippen molar-refractivity contribution in [1.82, 2.24) is 0 Å². The van der Waals surface area contributed by atoms with Crippen molar-refractivity contribution in [2.45, 2.75) is 59.5 Å². The molecule has 0 aromatic rings. The number of quaternary nitrogens is 1. The molecule has 0 spiro atoms. The van der Waals surface area contributed by atoms with Gasteiger partial charge in [0.15, 0.2) is 0 Å². The van der Waals surface area contributed by atoms with E-state index < -0.39 is 0 Å². The molecule has 108 valence electrons. The van der Waals surface area contributed by atoms with Gasteiger partial charge in [-0.05, 0) is 47.5 Å². The van der Waals surface area contributed by atoms with Crippen LogP contribution in [-0.2, 0) is 0 Å². The largest absolute Gasteiger partial charge is 1.00 e. The minimum atomic E-state index is 0. The molecule has 0 saturated carbocycles. The summed E-state index contributed by atoms with van der Waals surface area (Å²) in [5, 5.41) is 0. The lowest BCUT2D eigenvalue weighted by Crippen LogP contribution is -3.00. The first-order valence-electron chi connectivity index (χ1n) is 6.91. The molecule has 0 aliphatic heterocycles. The van der Waals surface area contributed by atoms with Gasteiger partial charge in [0.05, 0.1) is 44.8 Å². The van der Waals surface area contributed by atoms with Crippen LogP contribution in [0.15, 0.2) is 9.98 Å². The highest BCUT2D eigenvalue weighted by Crippen LogP contribution is 2.07. The van der Waals surface area contributed by atoms with E-state index >= 15 is 0 Å². The van der Waals surface area contributed by atoms with E-state index in [4.69, 9.17) is 0 Å². The van der Waals surface area contributed by atoms with Crippen molar-refractivity contribution in [1.29, 1.82) is 0 Å². The first-order valence-corrected chi connectivity index (χ1v) is 6.91. The van der Waals surface area contributed by atoms with Gasteiger partial charge in [-0.3, -0.25) is 0 Å². The van der Waals surface area contributed by atoms with Crippen LogP contribution in [0.1, 0.15) is 47.5 Å². The fourth-order valence-corrected chi connectivity index (χ4v) is 1.62. The van der Waals surface area contributed by atoms with E-state index in [0.717, 1.165) is 10.9 Å². The van der Waals surface area contributed by atoms with Gasteiger partial charge in [0.2, 0.25) is 0 Å². The lowest BCUT2D eigenvalue weighted by Gasteiger charge is -2.32. The first-order chi connectivity index (χ1) is 7.93. The number of hydrogen-bond acceptors (Lipinski definition) is 2. The van der Waals surface area contributed by atoms with Crippen LogP contribution in [0.25, 0.3) is 0 Å². The lowest BCUT2D eigenvalue weighted by atomic mass is 10.1. The molecule has 18 heavy (non-hydrogen) atoms. The predicted octanol–water partition coefficient (Wildman–Crippen LogP) is 0.228. The summed E-state index contributed by atoms with van der Waals surface area (Å²) in [4.78, 5) is 8.45. The van der Waals surface area contributed by atoms with Crippen molar-refractivity contribution in [3.8, 4) is 0 Å². The molecule has 0 saturated heterocycles. The Hall–Kier alpha value is 0.0700. The normalized spacial score (nSPS) is 12.6. The summed E-state index contributed by atoms with van der Waals surface area (Å²) in [7, 11) is 2.33. The van der Waals surface area contributed by atoms with E-state index in [1.165, 1.54) is 26.1 Å². The van der Waals surface area contributed by atoms with Crippen molar-refractivity contribution < 1.29 is 28.5 Å². The van der Waals surface area contributed by atoms with Crippen molar-refractivity contribution in [3.05, 3.63) is 0 Å². The van der Waals surface area contributed by atoms with Gasteiger partial charge < -0.3 is 28.5 Å². The fraction of sp³-hybridized carbons (Fsp3) is 0.929. The molecule has 0 aliphatic rings. The van der Waals surface area contributed by atoms with Gasteiger partial charge in [-0.15, -0.1) is 0 Å². The second kappa shape index (κ2) is 10.9. The molecule has 0 radical (unpaired) electrons. The van der Waals surface area contributed by atoms with Crippen LogP contribution in [0.3, 0.4) is 0 Å². The van der Waals surface area contributed by atoms with Crippen LogP contribution in [-0.4, -0.2) is 49.3 Å². The maximum absolute atomic E-state index is 4.31. The molecule has 0 rings (SSSR count). The molecule has 0 aliphatic carbocycles. The Morgan fingerprint density at radius 1 is 1.06 bits per heavy atom. The molecule has 0 N–H and O–H groups in total. The van der Waals surface area contributed by atoms with Crippen molar-refractivity contribution in [3.63, 3.8) is 0 Å². The molecule has 0 heterocycles. The molecular formula is C14H30IN3. The van der Waals surface area contributed by atoms with Gasteiger partial charge in [-0.25, -0.2) is 9.98 Å². The van der Waals surface area contributed by atoms with Crippen LogP contribution in [0.4, 0.5) is 0 Å². The summed E-state index contributed by atoms with van der Waals surface area (Å²) >= 11 is 0. The number of rotatable bonds is 8.